The van der Waals surface area contributed by atoms with Crippen LogP contribution < -0.4 is 5.32 Å². The zero-order valence-corrected chi connectivity index (χ0v) is 19.4. The molecular formula is C28H31NS. The quantitative estimate of drug-likeness (QED) is 0.467. The van der Waals surface area contributed by atoms with Crippen LogP contribution >= 0.6 is 11.8 Å². The molecule has 0 fully saturated rings. The molecule has 0 amide bonds. The van der Waals surface area contributed by atoms with Gasteiger partial charge in [0.15, 0.2) is 0 Å². The molecule has 0 saturated heterocycles. The number of thioether (sulfide) groups is 1. The number of anilines is 1. The van der Waals surface area contributed by atoms with E-state index < -0.39 is 0 Å². The number of allylic oxidation sites excluding steroid dienone is 1. The third kappa shape index (κ3) is 3.48. The van der Waals surface area contributed by atoms with Crippen LogP contribution in [0.3, 0.4) is 0 Å². The van der Waals surface area contributed by atoms with Gasteiger partial charge in [-0.1, -0.05) is 93.6 Å². The topological polar surface area (TPSA) is 12.0 Å². The minimum absolute atomic E-state index is 0.108. The first-order valence-corrected chi connectivity index (χ1v) is 11.5. The maximum Gasteiger partial charge on any atom is 0.0570 e. The molecule has 0 aromatic heterocycles. The first-order valence-electron chi connectivity index (χ1n) is 10.6. The van der Waals surface area contributed by atoms with Crippen molar-refractivity contribution in [3.63, 3.8) is 0 Å². The average molecular weight is 414 g/mol. The summed E-state index contributed by atoms with van der Waals surface area (Å²) in [4.78, 5) is 0. The Labute approximate surface area is 185 Å². The predicted octanol–water partition coefficient (Wildman–Crippen LogP) is 7.86. The highest BCUT2D eigenvalue weighted by atomic mass is 32.2. The van der Waals surface area contributed by atoms with E-state index in [0.717, 1.165) is 5.69 Å². The molecule has 4 rings (SSSR count). The monoisotopic (exact) mass is 413 g/mol. The molecule has 1 aliphatic rings. The number of rotatable bonds is 4. The average Bonchev–Trinajstić information content (AvgIpc) is 3.02. The van der Waals surface area contributed by atoms with Crippen molar-refractivity contribution in [1.82, 2.24) is 0 Å². The van der Waals surface area contributed by atoms with Gasteiger partial charge in [0.25, 0.3) is 0 Å². The molecule has 2 heteroatoms. The lowest BCUT2D eigenvalue weighted by atomic mass is 9.67. The molecule has 0 aliphatic carbocycles. The molecule has 1 N–H and O–H groups in total. The van der Waals surface area contributed by atoms with E-state index in [1.54, 1.807) is 0 Å². The Morgan fingerprint density at radius 1 is 0.700 bits per heavy atom. The molecule has 3 aromatic carbocycles. The minimum atomic E-state index is -0.191. The molecule has 0 bridgehead atoms. The smallest absolute Gasteiger partial charge is 0.0570 e. The molecule has 0 spiro atoms. The SMILES string of the molecule is CC(C)(C)c1ccc(NC2=CSC(C)(c3ccccc3)C2(C)c2ccccc2)cc1. The summed E-state index contributed by atoms with van der Waals surface area (Å²) >= 11 is 1.91. The van der Waals surface area contributed by atoms with Gasteiger partial charge in [-0.05, 0) is 53.5 Å². The van der Waals surface area contributed by atoms with E-state index in [4.69, 9.17) is 0 Å². The van der Waals surface area contributed by atoms with Crippen molar-refractivity contribution in [2.75, 3.05) is 5.32 Å². The number of hydrogen-bond donors (Lipinski definition) is 1. The molecule has 154 valence electrons. The summed E-state index contributed by atoms with van der Waals surface area (Å²) in [6.07, 6.45) is 0. The summed E-state index contributed by atoms with van der Waals surface area (Å²) < 4.78 is -0.108. The number of benzene rings is 3. The molecule has 1 aliphatic heterocycles. The molecule has 30 heavy (non-hydrogen) atoms. The molecule has 2 unspecified atom stereocenters. The fraction of sp³-hybridized carbons (Fsp3) is 0.286. The van der Waals surface area contributed by atoms with Crippen molar-refractivity contribution in [2.24, 2.45) is 0 Å². The Morgan fingerprint density at radius 2 is 1.23 bits per heavy atom. The second-order valence-corrected chi connectivity index (χ2v) is 10.8. The highest BCUT2D eigenvalue weighted by molar-refractivity contribution is 8.03. The van der Waals surface area contributed by atoms with Gasteiger partial charge in [-0.3, -0.25) is 0 Å². The first-order chi connectivity index (χ1) is 14.2. The molecule has 0 saturated carbocycles. The maximum absolute atomic E-state index is 3.77. The Bertz CT molecular complexity index is 1030. The van der Waals surface area contributed by atoms with Gasteiger partial charge in [-0.25, -0.2) is 0 Å². The van der Waals surface area contributed by atoms with Crippen LogP contribution in [0.2, 0.25) is 0 Å². The largest absolute Gasteiger partial charge is 0.358 e. The lowest BCUT2D eigenvalue weighted by Crippen LogP contribution is -2.42. The van der Waals surface area contributed by atoms with Gasteiger partial charge >= 0.3 is 0 Å². The van der Waals surface area contributed by atoms with Crippen LogP contribution in [0.15, 0.2) is 96.0 Å². The maximum atomic E-state index is 3.77. The summed E-state index contributed by atoms with van der Waals surface area (Å²) in [5, 5.41) is 6.09. The van der Waals surface area contributed by atoms with Gasteiger partial charge in [-0.2, -0.15) is 0 Å². The molecular weight excluding hydrogens is 382 g/mol. The molecule has 1 nitrogen and oxygen atoms in total. The van der Waals surface area contributed by atoms with Crippen LogP contribution in [-0.4, -0.2) is 0 Å². The predicted molar refractivity (Wildman–Crippen MR) is 132 cm³/mol. The zero-order valence-electron chi connectivity index (χ0n) is 18.6. The second kappa shape index (κ2) is 7.67. The van der Waals surface area contributed by atoms with Crippen LogP contribution in [-0.2, 0) is 15.6 Å². The zero-order chi connectivity index (χ0) is 21.4. The van der Waals surface area contributed by atoms with E-state index in [0.29, 0.717) is 0 Å². The summed E-state index contributed by atoms with van der Waals surface area (Å²) in [5.41, 5.74) is 6.36. The Morgan fingerprint density at radius 3 is 1.77 bits per heavy atom. The summed E-state index contributed by atoms with van der Waals surface area (Å²) in [7, 11) is 0. The van der Waals surface area contributed by atoms with Crippen molar-refractivity contribution in [3.05, 3.63) is 113 Å². The lowest BCUT2D eigenvalue weighted by molar-refractivity contribution is 0.434. The molecule has 2 atom stereocenters. The van der Waals surface area contributed by atoms with E-state index in [1.165, 1.54) is 22.4 Å². The first kappa shape index (κ1) is 20.8. The number of hydrogen-bond acceptors (Lipinski definition) is 2. The Hall–Kier alpha value is -2.45. The van der Waals surface area contributed by atoms with Gasteiger partial charge < -0.3 is 5.32 Å². The van der Waals surface area contributed by atoms with Crippen LogP contribution in [0.4, 0.5) is 5.69 Å². The van der Waals surface area contributed by atoms with Crippen LogP contribution in [0.5, 0.6) is 0 Å². The van der Waals surface area contributed by atoms with Crippen LogP contribution in [0.25, 0.3) is 0 Å². The highest BCUT2D eigenvalue weighted by Crippen LogP contribution is 2.60. The van der Waals surface area contributed by atoms with Gasteiger partial charge in [0.05, 0.1) is 10.2 Å². The summed E-state index contributed by atoms with van der Waals surface area (Å²) in [6.45, 7) is 11.5. The normalized spacial score (nSPS) is 23.8. The standard InChI is InChI=1S/C28H31NS/c1-26(2,3)21-16-18-24(19-17-21)29-25-20-30-28(5,23-14-10-7-11-15-23)27(25,4)22-12-8-6-9-13-22/h6-20,29H,1-5H3. The van der Waals surface area contributed by atoms with Crippen molar-refractivity contribution >= 4 is 17.4 Å². The van der Waals surface area contributed by atoms with Gasteiger partial charge in [0, 0.05) is 11.4 Å². The fourth-order valence-electron chi connectivity index (χ4n) is 4.35. The van der Waals surface area contributed by atoms with Crippen molar-refractivity contribution in [1.29, 1.82) is 0 Å². The van der Waals surface area contributed by atoms with E-state index in [9.17, 15) is 0 Å². The van der Waals surface area contributed by atoms with Crippen molar-refractivity contribution in [2.45, 2.75) is 50.2 Å². The minimum Gasteiger partial charge on any atom is -0.358 e. The third-order valence-electron chi connectivity index (χ3n) is 6.61. The van der Waals surface area contributed by atoms with Crippen LogP contribution in [0.1, 0.15) is 51.3 Å². The van der Waals surface area contributed by atoms with E-state index in [2.05, 4.69) is 130 Å². The summed E-state index contributed by atoms with van der Waals surface area (Å²) in [5.74, 6) is 0. The second-order valence-electron chi connectivity index (χ2n) is 9.49. The Balaban J connectivity index is 1.74. The Kier molecular flexibility index (Phi) is 5.32. The molecule has 1 heterocycles. The third-order valence-corrected chi connectivity index (χ3v) is 8.08. The van der Waals surface area contributed by atoms with E-state index in [1.807, 2.05) is 11.8 Å². The van der Waals surface area contributed by atoms with Gasteiger partial charge in [0.1, 0.15) is 0 Å². The van der Waals surface area contributed by atoms with Crippen molar-refractivity contribution in [3.8, 4) is 0 Å². The number of nitrogens with one attached hydrogen (secondary N) is 1. The van der Waals surface area contributed by atoms with E-state index in [-0.39, 0.29) is 15.6 Å². The molecule has 0 radical (unpaired) electrons. The van der Waals surface area contributed by atoms with Gasteiger partial charge in [-0.15, -0.1) is 11.8 Å². The lowest BCUT2D eigenvalue weighted by Gasteiger charge is -2.43. The van der Waals surface area contributed by atoms with Gasteiger partial charge in [0.2, 0.25) is 0 Å². The van der Waals surface area contributed by atoms with Crippen LogP contribution in [0, 0.1) is 0 Å². The van der Waals surface area contributed by atoms with Crippen molar-refractivity contribution < 1.29 is 0 Å². The molecule has 3 aromatic rings. The highest BCUT2D eigenvalue weighted by Gasteiger charge is 2.53. The van der Waals surface area contributed by atoms with E-state index >= 15 is 0 Å². The fourth-order valence-corrected chi connectivity index (χ4v) is 5.73. The summed E-state index contributed by atoms with van der Waals surface area (Å²) in [6, 6.07) is 30.7.